The van der Waals surface area contributed by atoms with E-state index in [2.05, 4.69) is 0 Å². The van der Waals surface area contributed by atoms with Crippen LogP contribution < -0.4 is 5.43 Å². The molecular formula is C15H14O8. The number of carboxylic acid groups (broad SMARTS) is 1. The molecule has 8 heteroatoms. The van der Waals surface area contributed by atoms with E-state index < -0.39 is 34.2 Å². The van der Waals surface area contributed by atoms with Crippen LogP contribution in [0.4, 0.5) is 0 Å². The van der Waals surface area contributed by atoms with Gasteiger partial charge in [-0.15, -0.1) is 0 Å². The van der Waals surface area contributed by atoms with E-state index in [4.69, 9.17) is 13.9 Å². The molecule has 8 nitrogen and oxygen atoms in total. The lowest BCUT2D eigenvalue weighted by molar-refractivity contribution is -0.225. The van der Waals surface area contributed by atoms with E-state index in [0.29, 0.717) is 5.76 Å². The minimum atomic E-state index is -1.55. The van der Waals surface area contributed by atoms with Gasteiger partial charge in [-0.3, -0.25) is 4.79 Å². The summed E-state index contributed by atoms with van der Waals surface area (Å²) in [6.45, 7) is 1.57. The summed E-state index contributed by atoms with van der Waals surface area (Å²) in [6.07, 6.45) is 0.147. The molecule has 0 radical (unpaired) electrons. The number of rotatable bonds is 2. The first-order valence-corrected chi connectivity index (χ1v) is 6.73. The van der Waals surface area contributed by atoms with Crippen LogP contribution in [0.15, 0.2) is 15.3 Å². The van der Waals surface area contributed by atoms with Crippen LogP contribution in [-0.2, 0) is 22.5 Å². The van der Waals surface area contributed by atoms with Crippen molar-refractivity contribution < 1.29 is 34.0 Å². The molecule has 0 fully saturated rings. The highest BCUT2D eigenvalue weighted by molar-refractivity contribution is 6.06. The number of aromatic carboxylic acids is 1. The summed E-state index contributed by atoms with van der Waals surface area (Å²) in [6, 6.07) is 1.01. The van der Waals surface area contributed by atoms with Crippen molar-refractivity contribution in [2.75, 3.05) is 7.11 Å². The fourth-order valence-electron chi connectivity index (χ4n) is 2.61. The number of aromatic hydroxyl groups is 2. The molecule has 0 saturated heterocycles. The second kappa shape index (κ2) is 4.97. The number of phenolic OH excluding ortho intramolecular Hbond substituents is 1. The van der Waals surface area contributed by atoms with Crippen LogP contribution >= 0.6 is 0 Å². The minimum absolute atomic E-state index is 0.112. The highest BCUT2D eigenvalue weighted by atomic mass is 16.7. The van der Waals surface area contributed by atoms with Crippen molar-refractivity contribution in [3.8, 4) is 11.5 Å². The molecule has 3 N–H and O–H groups in total. The fraction of sp³-hybridized carbons (Fsp3) is 0.333. The summed E-state index contributed by atoms with van der Waals surface area (Å²) in [5.74, 6) is -3.78. The molecule has 2 aromatic rings. The van der Waals surface area contributed by atoms with Crippen molar-refractivity contribution in [3.63, 3.8) is 0 Å². The summed E-state index contributed by atoms with van der Waals surface area (Å²) in [5, 5.41) is 28.3. The van der Waals surface area contributed by atoms with Gasteiger partial charge in [0.05, 0.1) is 24.0 Å². The number of carboxylic acids is 1. The third-order valence-electron chi connectivity index (χ3n) is 3.96. The number of phenols is 2. The summed E-state index contributed by atoms with van der Waals surface area (Å²) in [5.41, 5.74) is -1.27. The second-order valence-electron chi connectivity index (χ2n) is 5.43. The SMILES string of the molecule is CO[C@]1(C)Cc2oc3cc(O)c(O)c(C(=O)O)c3c(=O)c2CO1. The zero-order valence-electron chi connectivity index (χ0n) is 12.4. The molecule has 1 aromatic carbocycles. The summed E-state index contributed by atoms with van der Waals surface area (Å²) in [4.78, 5) is 24.0. The molecular weight excluding hydrogens is 308 g/mol. The summed E-state index contributed by atoms with van der Waals surface area (Å²) in [7, 11) is 1.45. The quantitative estimate of drug-likeness (QED) is 0.707. The van der Waals surface area contributed by atoms with Crippen molar-refractivity contribution in [2.45, 2.75) is 25.7 Å². The van der Waals surface area contributed by atoms with Gasteiger partial charge in [-0.1, -0.05) is 0 Å². The topological polar surface area (TPSA) is 126 Å². The first kappa shape index (κ1) is 15.3. The van der Waals surface area contributed by atoms with Gasteiger partial charge < -0.3 is 29.2 Å². The Morgan fingerprint density at radius 2 is 2.09 bits per heavy atom. The molecule has 1 atom stereocenters. The Bertz CT molecular complexity index is 881. The Balaban J connectivity index is 2.37. The van der Waals surface area contributed by atoms with Crippen molar-refractivity contribution in [1.29, 1.82) is 0 Å². The molecule has 1 aliphatic rings. The maximum Gasteiger partial charge on any atom is 0.340 e. The average Bonchev–Trinajstić information content (AvgIpc) is 2.49. The lowest BCUT2D eigenvalue weighted by Gasteiger charge is -2.32. The molecule has 3 rings (SSSR count). The predicted molar refractivity (Wildman–Crippen MR) is 76.7 cm³/mol. The molecule has 23 heavy (non-hydrogen) atoms. The normalized spacial score (nSPS) is 20.4. The van der Waals surface area contributed by atoms with Gasteiger partial charge >= 0.3 is 5.97 Å². The van der Waals surface area contributed by atoms with Crippen molar-refractivity contribution in [2.24, 2.45) is 0 Å². The van der Waals surface area contributed by atoms with Gasteiger partial charge in [0.1, 0.15) is 16.9 Å². The Morgan fingerprint density at radius 3 is 2.70 bits per heavy atom. The largest absolute Gasteiger partial charge is 0.504 e. The molecule has 1 aliphatic heterocycles. The van der Waals surface area contributed by atoms with Crippen LogP contribution in [0.2, 0.25) is 0 Å². The summed E-state index contributed by atoms with van der Waals surface area (Å²) < 4.78 is 16.3. The number of hydrogen-bond acceptors (Lipinski definition) is 7. The van der Waals surface area contributed by atoms with Gasteiger partial charge in [0, 0.05) is 13.2 Å². The molecule has 0 spiro atoms. The van der Waals surface area contributed by atoms with Gasteiger partial charge in [-0.25, -0.2) is 4.79 Å². The standard InChI is InChI=1S/C15H14O8/c1-15(21-2)4-9-6(5-22-15)12(17)10-8(23-9)3-7(16)13(18)11(10)14(19)20/h3,16,18H,4-5H2,1-2H3,(H,19,20)/t15-/m0/s1. The first-order valence-electron chi connectivity index (χ1n) is 6.73. The molecule has 2 heterocycles. The molecule has 0 aliphatic carbocycles. The van der Waals surface area contributed by atoms with E-state index in [1.165, 1.54) is 7.11 Å². The Hall–Kier alpha value is -2.58. The van der Waals surface area contributed by atoms with Gasteiger partial charge in [0.25, 0.3) is 0 Å². The Labute approximate surface area is 129 Å². The van der Waals surface area contributed by atoms with Crippen LogP contribution in [0.5, 0.6) is 11.5 Å². The van der Waals surface area contributed by atoms with Crippen molar-refractivity contribution in [3.05, 3.63) is 33.2 Å². The molecule has 0 unspecified atom stereocenters. The van der Waals surface area contributed by atoms with E-state index in [1.807, 2.05) is 0 Å². The van der Waals surface area contributed by atoms with Gasteiger partial charge in [-0.2, -0.15) is 0 Å². The van der Waals surface area contributed by atoms with Crippen LogP contribution in [0.25, 0.3) is 11.0 Å². The van der Waals surface area contributed by atoms with Gasteiger partial charge in [0.15, 0.2) is 22.7 Å². The van der Waals surface area contributed by atoms with Gasteiger partial charge in [-0.05, 0) is 6.92 Å². The number of ether oxygens (including phenoxy) is 2. The molecule has 0 saturated carbocycles. The van der Waals surface area contributed by atoms with Crippen LogP contribution in [0.1, 0.15) is 28.6 Å². The van der Waals surface area contributed by atoms with E-state index in [0.717, 1.165) is 6.07 Å². The second-order valence-corrected chi connectivity index (χ2v) is 5.43. The maximum absolute atomic E-state index is 12.6. The molecule has 0 amide bonds. The third kappa shape index (κ3) is 2.23. The van der Waals surface area contributed by atoms with Crippen molar-refractivity contribution in [1.82, 2.24) is 0 Å². The monoisotopic (exact) mass is 322 g/mol. The number of carbonyl (C=O) groups is 1. The molecule has 1 aromatic heterocycles. The zero-order valence-corrected chi connectivity index (χ0v) is 12.4. The van der Waals surface area contributed by atoms with Crippen LogP contribution in [0, 0.1) is 0 Å². The highest BCUT2D eigenvalue weighted by Crippen LogP contribution is 2.37. The average molecular weight is 322 g/mol. The lowest BCUT2D eigenvalue weighted by atomic mass is 9.99. The van der Waals surface area contributed by atoms with E-state index in [1.54, 1.807) is 6.92 Å². The van der Waals surface area contributed by atoms with E-state index >= 15 is 0 Å². The number of methoxy groups -OCH3 is 1. The molecule has 0 bridgehead atoms. The number of hydrogen-bond donors (Lipinski definition) is 3. The maximum atomic E-state index is 12.6. The smallest absolute Gasteiger partial charge is 0.340 e. The number of benzene rings is 1. The van der Waals surface area contributed by atoms with Crippen LogP contribution in [0.3, 0.4) is 0 Å². The Morgan fingerprint density at radius 1 is 1.39 bits per heavy atom. The summed E-state index contributed by atoms with van der Waals surface area (Å²) >= 11 is 0. The lowest BCUT2D eigenvalue weighted by Crippen LogP contribution is -2.39. The Kier molecular flexibility index (Phi) is 3.31. The third-order valence-corrected chi connectivity index (χ3v) is 3.96. The fourth-order valence-corrected chi connectivity index (χ4v) is 2.61. The first-order chi connectivity index (χ1) is 10.8. The predicted octanol–water partition coefficient (Wildman–Crippen LogP) is 1.34. The number of fused-ring (bicyclic) bond motifs is 2. The highest BCUT2D eigenvalue weighted by Gasteiger charge is 2.35. The van der Waals surface area contributed by atoms with Gasteiger partial charge in [0.2, 0.25) is 0 Å². The van der Waals surface area contributed by atoms with E-state index in [9.17, 15) is 24.9 Å². The zero-order chi connectivity index (χ0) is 16.9. The van der Waals surface area contributed by atoms with E-state index in [-0.39, 0.29) is 29.6 Å². The minimum Gasteiger partial charge on any atom is -0.504 e. The molecule has 122 valence electrons. The van der Waals surface area contributed by atoms with Crippen LogP contribution in [-0.4, -0.2) is 34.2 Å². The van der Waals surface area contributed by atoms with Crippen molar-refractivity contribution >= 4 is 16.9 Å².